The van der Waals surface area contributed by atoms with Gasteiger partial charge in [0, 0.05) is 6.04 Å². The molecule has 0 bridgehead atoms. The minimum absolute atomic E-state index is 0.577. The number of methoxy groups -OCH3 is 1. The van der Waals surface area contributed by atoms with Crippen LogP contribution in [0.5, 0.6) is 5.75 Å². The van der Waals surface area contributed by atoms with E-state index in [0.717, 1.165) is 24.0 Å². The van der Waals surface area contributed by atoms with Crippen molar-refractivity contribution in [2.45, 2.75) is 45.1 Å². The van der Waals surface area contributed by atoms with E-state index in [0.29, 0.717) is 6.04 Å². The Morgan fingerprint density at radius 1 is 1.32 bits per heavy atom. The molecule has 1 aromatic rings. The standard InChI is InChI=1S/C17H27NO/c1-4-13-9-10-14(11-13)16(18-2)12-15-7-5-6-8-17(15)19-3/h5-8,13-14,16,18H,4,9-12H2,1-3H3. The smallest absolute Gasteiger partial charge is 0.122 e. The normalized spacial score (nSPS) is 24.4. The third-order valence-corrected chi connectivity index (χ3v) is 4.73. The molecule has 2 rings (SSSR count). The van der Waals surface area contributed by atoms with E-state index in [9.17, 15) is 0 Å². The molecule has 0 aromatic heterocycles. The fourth-order valence-corrected chi connectivity index (χ4v) is 3.46. The lowest BCUT2D eigenvalue weighted by molar-refractivity contribution is 0.353. The van der Waals surface area contributed by atoms with Gasteiger partial charge in [0.1, 0.15) is 5.75 Å². The SMILES string of the molecule is CCC1CCC(C(Cc2ccccc2OC)NC)C1. The minimum Gasteiger partial charge on any atom is -0.496 e. The highest BCUT2D eigenvalue weighted by Gasteiger charge is 2.29. The topological polar surface area (TPSA) is 21.3 Å². The van der Waals surface area contributed by atoms with Crippen LogP contribution in [0.25, 0.3) is 0 Å². The lowest BCUT2D eigenvalue weighted by Crippen LogP contribution is -2.34. The third-order valence-electron chi connectivity index (χ3n) is 4.73. The minimum atomic E-state index is 0.577. The Bertz CT molecular complexity index is 391. The van der Waals surface area contributed by atoms with Crippen molar-refractivity contribution in [1.29, 1.82) is 0 Å². The summed E-state index contributed by atoms with van der Waals surface area (Å²) in [5.41, 5.74) is 1.32. The molecule has 0 saturated heterocycles. The molecule has 0 radical (unpaired) electrons. The molecule has 1 aromatic carbocycles. The van der Waals surface area contributed by atoms with E-state index in [1.165, 1.54) is 31.2 Å². The maximum Gasteiger partial charge on any atom is 0.122 e. The summed E-state index contributed by atoms with van der Waals surface area (Å²) < 4.78 is 5.47. The van der Waals surface area contributed by atoms with E-state index < -0.39 is 0 Å². The van der Waals surface area contributed by atoms with E-state index >= 15 is 0 Å². The number of para-hydroxylation sites is 1. The molecule has 1 aliphatic rings. The van der Waals surface area contributed by atoms with Gasteiger partial charge in [-0.1, -0.05) is 38.0 Å². The number of hydrogen-bond acceptors (Lipinski definition) is 2. The van der Waals surface area contributed by atoms with Crippen LogP contribution in [0.1, 0.15) is 38.2 Å². The average molecular weight is 261 g/mol. The molecule has 2 nitrogen and oxygen atoms in total. The zero-order valence-electron chi connectivity index (χ0n) is 12.5. The molecule has 0 heterocycles. The molecule has 106 valence electrons. The molecule has 0 aliphatic heterocycles. The highest BCUT2D eigenvalue weighted by Crippen LogP contribution is 2.36. The van der Waals surface area contributed by atoms with Crippen molar-refractivity contribution in [3.05, 3.63) is 29.8 Å². The van der Waals surface area contributed by atoms with Gasteiger partial charge in [-0.3, -0.25) is 0 Å². The van der Waals surface area contributed by atoms with E-state index in [1.54, 1.807) is 7.11 Å². The molecule has 1 aliphatic carbocycles. The van der Waals surface area contributed by atoms with Crippen LogP contribution in [0.2, 0.25) is 0 Å². The monoisotopic (exact) mass is 261 g/mol. The van der Waals surface area contributed by atoms with Crippen LogP contribution < -0.4 is 10.1 Å². The molecule has 0 amide bonds. The van der Waals surface area contributed by atoms with Crippen molar-refractivity contribution in [2.75, 3.05) is 14.2 Å². The average Bonchev–Trinajstić information content (AvgIpc) is 2.93. The summed E-state index contributed by atoms with van der Waals surface area (Å²) in [5.74, 6) is 2.78. The number of likely N-dealkylation sites (N-methyl/N-ethyl adjacent to an activating group) is 1. The summed E-state index contributed by atoms with van der Waals surface area (Å²) in [5, 5.41) is 3.53. The number of benzene rings is 1. The quantitative estimate of drug-likeness (QED) is 0.844. The van der Waals surface area contributed by atoms with E-state index in [2.05, 4.69) is 37.5 Å². The molecule has 3 atom stereocenters. The van der Waals surface area contributed by atoms with E-state index in [1.807, 2.05) is 6.07 Å². The van der Waals surface area contributed by atoms with Crippen LogP contribution in [0.3, 0.4) is 0 Å². The van der Waals surface area contributed by atoms with Gasteiger partial charge < -0.3 is 10.1 Å². The van der Waals surface area contributed by atoms with Gasteiger partial charge >= 0.3 is 0 Å². The van der Waals surface area contributed by atoms with Gasteiger partial charge in [0.05, 0.1) is 7.11 Å². The van der Waals surface area contributed by atoms with Gasteiger partial charge in [0.2, 0.25) is 0 Å². The fraction of sp³-hybridized carbons (Fsp3) is 0.647. The van der Waals surface area contributed by atoms with Crippen LogP contribution >= 0.6 is 0 Å². The van der Waals surface area contributed by atoms with Gasteiger partial charge in [-0.25, -0.2) is 0 Å². The van der Waals surface area contributed by atoms with Crippen LogP contribution in [0.4, 0.5) is 0 Å². The summed E-state index contributed by atoms with van der Waals surface area (Å²) >= 11 is 0. The van der Waals surface area contributed by atoms with Gasteiger partial charge in [-0.05, 0) is 49.8 Å². The summed E-state index contributed by atoms with van der Waals surface area (Å²) in [7, 11) is 3.86. The first-order valence-electron chi connectivity index (χ1n) is 7.57. The predicted octanol–water partition coefficient (Wildman–Crippen LogP) is 3.65. The van der Waals surface area contributed by atoms with Gasteiger partial charge in [0.25, 0.3) is 0 Å². The van der Waals surface area contributed by atoms with Crippen LogP contribution in [0.15, 0.2) is 24.3 Å². The fourth-order valence-electron chi connectivity index (χ4n) is 3.46. The summed E-state index contributed by atoms with van der Waals surface area (Å²) in [6, 6.07) is 8.97. The van der Waals surface area contributed by atoms with Crippen molar-refractivity contribution in [2.24, 2.45) is 11.8 Å². The number of hydrogen-bond donors (Lipinski definition) is 1. The van der Waals surface area contributed by atoms with Crippen molar-refractivity contribution in [1.82, 2.24) is 5.32 Å². The maximum absolute atomic E-state index is 5.47. The predicted molar refractivity (Wildman–Crippen MR) is 80.7 cm³/mol. The number of nitrogens with one attached hydrogen (secondary N) is 1. The molecule has 3 unspecified atom stereocenters. The van der Waals surface area contributed by atoms with Gasteiger partial charge in [-0.2, -0.15) is 0 Å². The molecular weight excluding hydrogens is 234 g/mol. The first-order valence-corrected chi connectivity index (χ1v) is 7.57. The molecule has 0 spiro atoms. The van der Waals surface area contributed by atoms with Gasteiger partial charge in [-0.15, -0.1) is 0 Å². The summed E-state index contributed by atoms with van der Waals surface area (Å²) in [4.78, 5) is 0. The van der Waals surface area contributed by atoms with Crippen molar-refractivity contribution in [3.8, 4) is 5.75 Å². The van der Waals surface area contributed by atoms with Crippen LogP contribution in [-0.4, -0.2) is 20.2 Å². The molecule has 2 heteroatoms. The Morgan fingerprint density at radius 3 is 2.74 bits per heavy atom. The summed E-state index contributed by atoms with van der Waals surface area (Å²) in [6.45, 7) is 2.32. The highest BCUT2D eigenvalue weighted by atomic mass is 16.5. The second-order valence-electron chi connectivity index (χ2n) is 5.76. The molecule has 1 N–H and O–H groups in total. The molecular formula is C17H27NO. The number of rotatable bonds is 6. The summed E-state index contributed by atoms with van der Waals surface area (Å²) in [6.07, 6.45) is 6.57. The molecule has 1 saturated carbocycles. The molecule has 1 fully saturated rings. The second kappa shape index (κ2) is 6.95. The van der Waals surface area contributed by atoms with Gasteiger partial charge in [0.15, 0.2) is 0 Å². The van der Waals surface area contributed by atoms with E-state index in [4.69, 9.17) is 4.74 Å². The molecule has 19 heavy (non-hydrogen) atoms. The first kappa shape index (κ1) is 14.4. The Kier molecular flexibility index (Phi) is 5.26. The Hall–Kier alpha value is -1.02. The zero-order valence-corrected chi connectivity index (χ0v) is 12.5. The van der Waals surface area contributed by atoms with E-state index in [-0.39, 0.29) is 0 Å². The third kappa shape index (κ3) is 3.50. The first-order chi connectivity index (χ1) is 9.28. The number of ether oxygens (including phenoxy) is 1. The van der Waals surface area contributed by atoms with Crippen LogP contribution in [-0.2, 0) is 6.42 Å². The lowest BCUT2D eigenvalue weighted by atomic mass is 9.91. The Morgan fingerprint density at radius 2 is 2.11 bits per heavy atom. The lowest BCUT2D eigenvalue weighted by Gasteiger charge is -2.24. The zero-order chi connectivity index (χ0) is 13.7. The highest BCUT2D eigenvalue weighted by molar-refractivity contribution is 5.34. The Labute approximate surface area is 117 Å². The van der Waals surface area contributed by atoms with Crippen LogP contribution in [0, 0.1) is 11.8 Å². The second-order valence-corrected chi connectivity index (χ2v) is 5.76. The van der Waals surface area contributed by atoms with Crippen molar-refractivity contribution in [3.63, 3.8) is 0 Å². The maximum atomic E-state index is 5.47. The van der Waals surface area contributed by atoms with Crippen molar-refractivity contribution < 1.29 is 4.74 Å². The largest absolute Gasteiger partial charge is 0.496 e. The Balaban J connectivity index is 2.03. The van der Waals surface area contributed by atoms with Crippen molar-refractivity contribution >= 4 is 0 Å².